The topological polar surface area (TPSA) is 181 Å². The molecule has 5 amide bonds. The molecule has 0 saturated carbocycles. The summed E-state index contributed by atoms with van der Waals surface area (Å²) in [5, 5.41) is 30.6. The van der Waals surface area contributed by atoms with Crippen LogP contribution in [-0.2, 0) is 40.6 Å². The largest absolute Gasteiger partial charge is 0.507 e. The van der Waals surface area contributed by atoms with Crippen LogP contribution in [-0.4, -0.2) is 93.7 Å². The lowest BCUT2D eigenvalue weighted by molar-refractivity contribution is -0.141. The Morgan fingerprint density at radius 1 is 0.883 bits per heavy atom. The van der Waals surface area contributed by atoms with Gasteiger partial charge in [-0.3, -0.25) is 29.3 Å². The van der Waals surface area contributed by atoms with Crippen molar-refractivity contribution < 1.29 is 38.9 Å². The fourth-order valence-electron chi connectivity index (χ4n) is 8.17. The second-order valence-corrected chi connectivity index (χ2v) is 15.9. The first-order valence-corrected chi connectivity index (χ1v) is 20.5. The number of nitrogens with one attached hydrogen (secondary N) is 3. The van der Waals surface area contributed by atoms with Crippen LogP contribution in [0.2, 0.25) is 0 Å². The fraction of sp³-hybridized carbons (Fsp3) is 0.370. The van der Waals surface area contributed by atoms with E-state index in [2.05, 4.69) is 16.0 Å². The number of aromatic hydroxyl groups is 2. The van der Waals surface area contributed by atoms with Gasteiger partial charge in [0.2, 0.25) is 18.2 Å². The molecule has 1 unspecified atom stereocenters. The molecule has 5 N–H and O–H groups in total. The molecule has 0 radical (unpaired) electrons. The Kier molecular flexibility index (Phi) is 13.0. The molecular formula is C46H52N6O8. The van der Waals surface area contributed by atoms with Gasteiger partial charge in [0.25, 0.3) is 11.8 Å². The number of rotatable bonds is 15. The van der Waals surface area contributed by atoms with Crippen LogP contribution in [0.1, 0.15) is 79.8 Å². The zero-order valence-electron chi connectivity index (χ0n) is 34.0. The highest BCUT2D eigenvalue weighted by Crippen LogP contribution is 2.40. The van der Waals surface area contributed by atoms with Gasteiger partial charge in [0.1, 0.15) is 35.5 Å². The summed E-state index contributed by atoms with van der Waals surface area (Å²) in [7, 11) is 0. The minimum atomic E-state index is -0.670. The minimum Gasteiger partial charge on any atom is -0.507 e. The van der Waals surface area contributed by atoms with E-state index < -0.39 is 17.9 Å². The molecular weight excluding hydrogens is 765 g/mol. The first-order valence-electron chi connectivity index (χ1n) is 20.5. The number of piperidine rings is 2. The number of fused-ring (bicyclic) bond motifs is 1. The van der Waals surface area contributed by atoms with E-state index in [1.165, 1.54) is 11.0 Å². The Morgan fingerprint density at radius 3 is 2.40 bits per heavy atom. The maximum atomic E-state index is 13.9. The van der Waals surface area contributed by atoms with Crippen LogP contribution in [0.25, 0.3) is 0 Å². The van der Waals surface area contributed by atoms with Gasteiger partial charge in [-0.25, -0.2) is 0 Å². The van der Waals surface area contributed by atoms with E-state index in [9.17, 15) is 34.2 Å². The molecule has 0 spiro atoms. The van der Waals surface area contributed by atoms with Gasteiger partial charge >= 0.3 is 0 Å². The molecule has 14 heteroatoms. The Morgan fingerprint density at radius 2 is 1.65 bits per heavy atom. The van der Waals surface area contributed by atoms with Gasteiger partial charge in [0.15, 0.2) is 0 Å². The first kappa shape index (κ1) is 41.7. The molecule has 3 heterocycles. The van der Waals surface area contributed by atoms with Crippen LogP contribution in [0.3, 0.4) is 0 Å². The number of benzene rings is 4. The maximum Gasteiger partial charge on any atom is 0.262 e. The number of carbonyl (C=O) groups excluding carboxylic acids is 5. The number of imide groups is 1. The zero-order valence-corrected chi connectivity index (χ0v) is 34.0. The summed E-state index contributed by atoms with van der Waals surface area (Å²) in [6, 6.07) is 21.5. The van der Waals surface area contributed by atoms with E-state index >= 15 is 0 Å². The summed E-state index contributed by atoms with van der Waals surface area (Å²) in [6.45, 7) is 8.17. The van der Waals surface area contributed by atoms with Gasteiger partial charge in [0.05, 0.1) is 0 Å². The number of amides is 5. The molecule has 2 saturated heterocycles. The second kappa shape index (κ2) is 18.7. The van der Waals surface area contributed by atoms with Crippen molar-refractivity contribution in [2.45, 2.75) is 71.8 Å². The number of nitrogens with zero attached hydrogens (tertiary/aromatic N) is 3. The highest BCUT2D eigenvalue weighted by atomic mass is 16.5. The average Bonchev–Trinajstić information content (AvgIpc) is 3.68. The van der Waals surface area contributed by atoms with Crippen LogP contribution < -0.4 is 20.7 Å². The number of anilines is 1. The summed E-state index contributed by atoms with van der Waals surface area (Å²) in [6.07, 6.45) is 2.95. The van der Waals surface area contributed by atoms with E-state index in [1.54, 1.807) is 11.8 Å². The highest BCUT2D eigenvalue weighted by Gasteiger charge is 2.33. The molecule has 4 aromatic carbocycles. The SMILES string of the molecule is Cc1ccc(NCCNCC2CCN(C(=O)c3ccc4c(c3)CN(C(=O)c3c(O)cc(O)c(C)c3OCc3ccccc3)C4)CC2)cc1CN(C=O)C1CCC(=O)NC1=O. The van der Waals surface area contributed by atoms with Gasteiger partial charge in [0, 0.05) is 75.1 Å². The number of hydrogen-bond donors (Lipinski definition) is 5. The molecule has 3 aliphatic rings. The lowest BCUT2D eigenvalue weighted by Gasteiger charge is -2.32. The number of likely N-dealkylation sites (tertiary alicyclic amines) is 1. The quantitative estimate of drug-likeness (QED) is 0.0638. The van der Waals surface area contributed by atoms with Gasteiger partial charge in [-0.05, 0) is 97.7 Å². The van der Waals surface area contributed by atoms with E-state index in [-0.39, 0.29) is 60.7 Å². The van der Waals surface area contributed by atoms with Crippen molar-refractivity contribution in [1.29, 1.82) is 0 Å². The number of aryl methyl sites for hydroxylation is 1. The molecule has 14 nitrogen and oxygen atoms in total. The smallest absolute Gasteiger partial charge is 0.262 e. The van der Waals surface area contributed by atoms with Crippen molar-refractivity contribution in [2.24, 2.45) is 5.92 Å². The summed E-state index contributed by atoms with van der Waals surface area (Å²) in [4.78, 5) is 68.3. The molecule has 3 aliphatic heterocycles. The monoisotopic (exact) mass is 816 g/mol. The molecule has 1 atom stereocenters. The summed E-state index contributed by atoms with van der Waals surface area (Å²) in [5.41, 5.74) is 6.44. The molecule has 60 heavy (non-hydrogen) atoms. The first-order chi connectivity index (χ1) is 29.0. The Balaban J connectivity index is 0.862. The second-order valence-electron chi connectivity index (χ2n) is 15.9. The average molecular weight is 817 g/mol. The van der Waals surface area contributed by atoms with Gasteiger partial charge in [-0.2, -0.15) is 0 Å². The molecule has 7 rings (SSSR count). The van der Waals surface area contributed by atoms with Crippen molar-refractivity contribution in [2.75, 3.05) is 38.0 Å². The van der Waals surface area contributed by atoms with Crippen LogP contribution in [0.5, 0.6) is 17.2 Å². The van der Waals surface area contributed by atoms with Gasteiger partial charge in [-0.15, -0.1) is 0 Å². The standard InChI is InChI=1S/C46H52N6O8/c1-29-8-11-37(21-35(29)25-52(28-53)38-12-13-41(56)49-44(38)57)48-17-16-47-23-31-14-18-50(19-15-31)45(58)33-9-10-34-24-51(26-36(34)20-33)46(59)42-40(55)22-39(54)30(2)43(42)60-27-32-6-4-3-5-7-32/h3-11,20-22,28,31,38,47-48,54-55H,12-19,23-27H2,1-2H3,(H,49,56,57). The maximum absolute atomic E-state index is 13.9. The van der Waals surface area contributed by atoms with Crippen molar-refractivity contribution in [1.82, 2.24) is 25.3 Å². The van der Waals surface area contributed by atoms with Crippen molar-refractivity contribution >= 4 is 35.7 Å². The summed E-state index contributed by atoms with van der Waals surface area (Å²) in [5.74, 6) is -1.18. The number of carbonyl (C=O) groups is 5. The van der Waals surface area contributed by atoms with Crippen LogP contribution in [0.15, 0.2) is 72.8 Å². The van der Waals surface area contributed by atoms with Crippen molar-refractivity contribution in [3.8, 4) is 17.2 Å². The molecule has 314 valence electrons. The number of hydrogen-bond acceptors (Lipinski definition) is 10. The van der Waals surface area contributed by atoms with E-state index in [1.807, 2.05) is 78.6 Å². The van der Waals surface area contributed by atoms with E-state index in [4.69, 9.17) is 4.74 Å². The highest BCUT2D eigenvalue weighted by molar-refractivity contribution is 6.01. The lowest BCUT2D eigenvalue weighted by atomic mass is 9.96. The van der Waals surface area contributed by atoms with Crippen LogP contribution >= 0.6 is 0 Å². The van der Waals surface area contributed by atoms with Gasteiger partial charge in [-0.1, -0.05) is 42.5 Å². The molecule has 4 aromatic rings. The number of phenolic OH excluding ortho intramolecular Hbond substituents is 2. The molecule has 0 aromatic heterocycles. The Hall–Kier alpha value is -6.41. The van der Waals surface area contributed by atoms with Crippen molar-refractivity contribution in [3.63, 3.8) is 0 Å². The van der Waals surface area contributed by atoms with E-state index in [0.29, 0.717) is 56.1 Å². The third-order valence-electron chi connectivity index (χ3n) is 11.8. The van der Waals surface area contributed by atoms with Gasteiger partial charge < -0.3 is 40.3 Å². The molecule has 2 fully saturated rings. The third-order valence-corrected chi connectivity index (χ3v) is 11.8. The predicted molar refractivity (Wildman–Crippen MR) is 224 cm³/mol. The number of ether oxygens (including phenoxy) is 1. The Bertz CT molecular complexity index is 2260. The van der Waals surface area contributed by atoms with Crippen LogP contribution in [0, 0.1) is 19.8 Å². The predicted octanol–water partition coefficient (Wildman–Crippen LogP) is 4.77. The van der Waals surface area contributed by atoms with E-state index in [0.717, 1.165) is 59.4 Å². The fourth-order valence-corrected chi connectivity index (χ4v) is 8.17. The summed E-state index contributed by atoms with van der Waals surface area (Å²) < 4.78 is 6.04. The number of phenols is 2. The van der Waals surface area contributed by atoms with Crippen molar-refractivity contribution in [3.05, 3.63) is 117 Å². The minimum absolute atomic E-state index is 0.00663. The zero-order chi connectivity index (χ0) is 42.3. The molecule has 0 aliphatic carbocycles. The summed E-state index contributed by atoms with van der Waals surface area (Å²) >= 11 is 0. The third kappa shape index (κ3) is 9.55. The lowest BCUT2D eigenvalue weighted by Crippen LogP contribution is -2.51. The van der Waals surface area contributed by atoms with Crippen LogP contribution in [0.4, 0.5) is 5.69 Å². The Labute approximate surface area is 349 Å². The molecule has 0 bridgehead atoms. The normalized spacial score (nSPS) is 16.6.